The lowest BCUT2D eigenvalue weighted by Gasteiger charge is -2.27. The molecule has 2 aliphatic rings. The Morgan fingerprint density at radius 3 is 2.80 bits per heavy atom. The number of ether oxygens (including phenoxy) is 1. The van der Waals surface area contributed by atoms with Gasteiger partial charge in [0.25, 0.3) is 5.91 Å². The lowest BCUT2D eigenvalue weighted by Crippen LogP contribution is -2.42. The van der Waals surface area contributed by atoms with Gasteiger partial charge in [0.2, 0.25) is 0 Å². The predicted molar refractivity (Wildman–Crippen MR) is 140 cm³/mol. The second-order valence-corrected chi connectivity index (χ2v) is 9.79. The number of nitrogens with one attached hydrogen (secondary N) is 1. The van der Waals surface area contributed by atoms with Crippen molar-refractivity contribution in [3.05, 3.63) is 65.9 Å². The van der Waals surface area contributed by atoms with E-state index in [1.165, 1.54) is 11.8 Å². The minimum absolute atomic E-state index is 0.121. The zero-order valence-electron chi connectivity index (χ0n) is 19.9. The highest BCUT2D eigenvalue weighted by Crippen LogP contribution is 2.36. The fourth-order valence-corrected chi connectivity index (χ4v) is 5.64. The first-order chi connectivity index (χ1) is 17.1. The maximum absolute atomic E-state index is 13.7. The first-order valence-corrected chi connectivity index (χ1v) is 13.0. The van der Waals surface area contributed by atoms with Gasteiger partial charge >= 0.3 is 5.97 Å². The van der Waals surface area contributed by atoms with Crippen LogP contribution >= 0.6 is 11.8 Å². The maximum Gasteiger partial charge on any atom is 0.319 e. The first-order valence-electron chi connectivity index (χ1n) is 12.1. The molecule has 2 aliphatic heterocycles. The van der Waals surface area contributed by atoms with Crippen LogP contribution in [0.1, 0.15) is 44.2 Å². The number of esters is 1. The number of para-hydroxylation sites is 2. The Hall–Kier alpha value is -3.39. The Morgan fingerprint density at radius 2 is 1.97 bits per heavy atom. The number of nitrogens with zero attached hydrogens (tertiary/aromatic N) is 3. The first kappa shape index (κ1) is 23.4. The second-order valence-electron chi connectivity index (χ2n) is 8.62. The molecule has 5 rings (SSSR count). The summed E-state index contributed by atoms with van der Waals surface area (Å²) in [6.45, 7) is 4.21. The molecule has 3 aromatic rings. The highest BCUT2D eigenvalue weighted by Gasteiger charge is 2.42. The largest absolute Gasteiger partial charge is 0.465 e. The summed E-state index contributed by atoms with van der Waals surface area (Å²) < 4.78 is 5.33. The molecule has 2 aromatic carbocycles. The summed E-state index contributed by atoms with van der Waals surface area (Å²) in [5.74, 6) is 0.211. The Kier molecular flexibility index (Phi) is 6.72. The van der Waals surface area contributed by atoms with Crippen LogP contribution in [0.5, 0.6) is 0 Å². The molecule has 35 heavy (non-hydrogen) atoms. The van der Waals surface area contributed by atoms with Crippen molar-refractivity contribution in [2.24, 2.45) is 9.98 Å². The Morgan fingerprint density at radius 1 is 1.17 bits per heavy atom. The number of hydrogen-bond donors (Lipinski definition) is 1. The third-order valence-electron chi connectivity index (χ3n) is 6.25. The third-order valence-corrected chi connectivity index (χ3v) is 7.45. The topological polar surface area (TPSA) is 87.1 Å². The van der Waals surface area contributed by atoms with Gasteiger partial charge < -0.3 is 9.72 Å². The fourth-order valence-electron chi connectivity index (χ4n) is 4.50. The normalized spacial score (nSPS) is 17.6. The van der Waals surface area contributed by atoms with Crippen LogP contribution in [-0.2, 0) is 20.7 Å². The highest BCUT2D eigenvalue weighted by atomic mass is 32.2. The number of hydrogen-bond acceptors (Lipinski definition) is 6. The number of aliphatic imine (C=N–C) groups is 2. The van der Waals surface area contributed by atoms with Crippen molar-refractivity contribution in [1.82, 2.24) is 9.88 Å². The molecule has 0 radical (unpaired) electrons. The number of amidine groups is 2. The van der Waals surface area contributed by atoms with E-state index in [1.54, 1.807) is 11.8 Å². The minimum atomic E-state index is -0.558. The number of thioether (sulfide) groups is 1. The van der Waals surface area contributed by atoms with Crippen molar-refractivity contribution >= 4 is 51.2 Å². The van der Waals surface area contributed by atoms with Crippen LogP contribution in [0.25, 0.3) is 10.9 Å². The van der Waals surface area contributed by atoms with Crippen LogP contribution in [0.15, 0.2) is 64.7 Å². The predicted octanol–water partition coefficient (Wildman–Crippen LogP) is 5.22. The summed E-state index contributed by atoms with van der Waals surface area (Å²) in [5, 5.41) is 1.15. The van der Waals surface area contributed by atoms with E-state index in [1.807, 2.05) is 48.7 Å². The number of carbonyl (C=O) groups is 2. The van der Waals surface area contributed by atoms with E-state index in [9.17, 15) is 9.59 Å². The SMILES string of the molecule is CCCCC(SC1=Nc2ccccc2C2=NC(Cc3c[nH]c4ccccc34)C(=O)N12)C(=O)OCC. The molecule has 0 saturated heterocycles. The Labute approximate surface area is 208 Å². The standard InChI is InChI=1S/C27H28N4O3S/c1-3-5-14-23(26(33)34-4-2)35-27-30-21-13-9-7-11-19(21)24-29-22(25(32)31(24)27)15-17-16-28-20-12-8-6-10-18(17)20/h6-13,16,22-23,28H,3-5,14-15H2,1-2H3. The van der Waals surface area contributed by atoms with E-state index in [0.29, 0.717) is 30.5 Å². The molecule has 0 saturated carbocycles. The van der Waals surface area contributed by atoms with E-state index in [0.717, 1.165) is 40.6 Å². The van der Waals surface area contributed by atoms with Crippen molar-refractivity contribution in [2.75, 3.05) is 6.61 Å². The third kappa shape index (κ3) is 4.50. The van der Waals surface area contributed by atoms with Gasteiger partial charge in [-0.3, -0.25) is 14.6 Å². The number of aromatic amines is 1. The number of H-pyrrole nitrogens is 1. The van der Waals surface area contributed by atoms with Crippen molar-refractivity contribution in [2.45, 2.75) is 50.8 Å². The Bertz CT molecular complexity index is 1330. The molecule has 2 atom stereocenters. The molecule has 7 nitrogen and oxygen atoms in total. The molecule has 1 amide bonds. The van der Waals surface area contributed by atoms with Gasteiger partial charge in [0, 0.05) is 29.1 Å². The van der Waals surface area contributed by atoms with Gasteiger partial charge in [-0.25, -0.2) is 9.89 Å². The molecule has 0 spiro atoms. The summed E-state index contributed by atoms with van der Waals surface area (Å²) in [6, 6.07) is 15.2. The van der Waals surface area contributed by atoms with Crippen LogP contribution < -0.4 is 0 Å². The quantitative estimate of drug-likeness (QED) is 0.440. The molecule has 0 fully saturated rings. The van der Waals surface area contributed by atoms with Gasteiger partial charge in [0.1, 0.15) is 17.1 Å². The molecular formula is C27H28N4O3S. The summed E-state index contributed by atoms with van der Waals surface area (Å²) >= 11 is 1.30. The molecule has 0 aliphatic carbocycles. The number of rotatable bonds is 8. The number of carbonyl (C=O) groups excluding carboxylic acids is 2. The highest BCUT2D eigenvalue weighted by molar-refractivity contribution is 8.15. The smallest absolute Gasteiger partial charge is 0.319 e. The summed E-state index contributed by atoms with van der Waals surface area (Å²) in [5.41, 5.74) is 3.67. The lowest BCUT2D eigenvalue weighted by molar-refractivity contribution is -0.142. The van der Waals surface area contributed by atoms with Crippen LogP contribution in [-0.4, -0.2) is 50.7 Å². The van der Waals surface area contributed by atoms with Crippen molar-refractivity contribution < 1.29 is 14.3 Å². The van der Waals surface area contributed by atoms with Crippen LogP contribution in [0, 0.1) is 0 Å². The van der Waals surface area contributed by atoms with Crippen molar-refractivity contribution in [3.63, 3.8) is 0 Å². The van der Waals surface area contributed by atoms with E-state index in [-0.39, 0.29) is 11.9 Å². The van der Waals surface area contributed by atoms with E-state index >= 15 is 0 Å². The fraction of sp³-hybridized carbons (Fsp3) is 0.333. The van der Waals surface area contributed by atoms with Crippen LogP contribution in [0.4, 0.5) is 5.69 Å². The van der Waals surface area contributed by atoms with Gasteiger partial charge in [0.15, 0.2) is 5.17 Å². The van der Waals surface area contributed by atoms with Crippen LogP contribution in [0.2, 0.25) is 0 Å². The number of fused-ring (bicyclic) bond motifs is 4. The maximum atomic E-state index is 13.7. The van der Waals surface area contributed by atoms with Crippen molar-refractivity contribution in [1.29, 1.82) is 0 Å². The molecule has 1 N–H and O–H groups in total. The van der Waals surface area contributed by atoms with Gasteiger partial charge in [0.05, 0.1) is 12.3 Å². The van der Waals surface area contributed by atoms with E-state index < -0.39 is 11.3 Å². The average molecular weight is 489 g/mol. The monoisotopic (exact) mass is 488 g/mol. The second kappa shape index (κ2) is 10.1. The minimum Gasteiger partial charge on any atom is -0.465 e. The number of aromatic nitrogens is 1. The lowest BCUT2D eigenvalue weighted by atomic mass is 10.1. The van der Waals surface area contributed by atoms with Gasteiger partial charge in [-0.1, -0.05) is 61.9 Å². The summed E-state index contributed by atoms with van der Waals surface area (Å²) in [6.07, 6.45) is 4.95. The summed E-state index contributed by atoms with van der Waals surface area (Å²) in [7, 11) is 0. The molecular weight excluding hydrogens is 460 g/mol. The number of amides is 1. The van der Waals surface area contributed by atoms with Crippen molar-refractivity contribution in [3.8, 4) is 0 Å². The molecule has 0 bridgehead atoms. The molecule has 2 unspecified atom stereocenters. The number of unbranched alkanes of at least 4 members (excludes halogenated alkanes) is 1. The average Bonchev–Trinajstić information content (AvgIpc) is 3.43. The van der Waals surface area contributed by atoms with E-state index in [4.69, 9.17) is 14.7 Å². The zero-order chi connectivity index (χ0) is 24.4. The Balaban J connectivity index is 1.48. The molecule has 3 heterocycles. The van der Waals surface area contributed by atoms with Gasteiger partial charge in [-0.05, 0) is 37.1 Å². The van der Waals surface area contributed by atoms with E-state index in [2.05, 4.69) is 18.0 Å². The van der Waals surface area contributed by atoms with Gasteiger partial charge in [-0.15, -0.1) is 0 Å². The summed E-state index contributed by atoms with van der Waals surface area (Å²) in [4.78, 5) is 41.0. The zero-order valence-corrected chi connectivity index (χ0v) is 20.7. The van der Waals surface area contributed by atoms with Gasteiger partial charge in [-0.2, -0.15) is 0 Å². The van der Waals surface area contributed by atoms with Crippen LogP contribution in [0.3, 0.4) is 0 Å². The number of benzene rings is 2. The molecule has 8 heteroatoms. The molecule has 180 valence electrons. The molecule has 1 aromatic heterocycles.